The van der Waals surface area contributed by atoms with Gasteiger partial charge < -0.3 is 18.9 Å². The van der Waals surface area contributed by atoms with Crippen molar-refractivity contribution in [3.8, 4) is 0 Å². The first-order valence-electron chi connectivity index (χ1n) is 9.28. The molecule has 0 amide bonds. The average molecular weight is 360 g/mol. The highest BCUT2D eigenvalue weighted by Gasteiger charge is 2.09. The summed E-state index contributed by atoms with van der Waals surface area (Å²) in [6.07, 6.45) is 4.57. The molecular formula is C19H36O6. The minimum atomic E-state index is -0.250. The van der Waals surface area contributed by atoms with Crippen LogP contribution in [0, 0.1) is 11.8 Å². The van der Waals surface area contributed by atoms with Gasteiger partial charge in [-0.1, -0.05) is 13.8 Å². The minimum Gasteiger partial charge on any atom is -0.466 e. The van der Waals surface area contributed by atoms with Crippen LogP contribution in [0.3, 0.4) is 0 Å². The summed E-state index contributed by atoms with van der Waals surface area (Å²) < 4.78 is 20.4. The standard InChI is InChI=1S/C19H36O6/c1-16(8-12-22-3)10-14-24-18(20)6-5-7-19(21)25-15-11-17(2)9-13-23-4/h16-17H,5-15H2,1-4H3. The van der Waals surface area contributed by atoms with E-state index in [1.54, 1.807) is 14.2 Å². The summed E-state index contributed by atoms with van der Waals surface area (Å²) in [5.74, 6) is 0.433. The predicted octanol–water partition coefficient (Wildman–Crippen LogP) is 3.37. The molecule has 0 radical (unpaired) electrons. The molecule has 0 heterocycles. The van der Waals surface area contributed by atoms with Crippen molar-refractivity contribution in [2.75, 3.05) is 40.6 Å². The number of ether oxygens (including phenoxy) is 4. The Morgan fingerprint density at radius 1 is 0.680 bits per heavy atom. The maximum atomic E-state index is 11.6. The Hall–Kier alpha value is -1.14. The number of esters is 2. The van der Waals surface area contributed by atoms with Gasteiger partial charge in [0.05, 0.1) is 13.2 Å². The van der Waals surface area contributed by atoms with Gasteiger partial charge in [-0.05, 0) is 43.9 Å². The molecule has 6 heteroatoms. The molecule has 148 valence electrons. The Bertz CT molecular complexity index is 313. The Balaban J connectivity index is 3.55. The van der Waals surface area contributed by atoms with Crippen molar-refractivity contribution in [3.63, 3.8) is 0 Å². The SMILES string of the molecule is COCCC(C)CCOC(=O)CCCC(=O)OCCC(C)CCOC. The summed E-state index contributed by atoms with van der Waals surface area (Å²) >= 11 is 0. The van der Waals surface area contributed by atoms with E-state index in [1.807, 2.05) is 0 Å². The lowest BCUT2D eigenvalue weighted by molar-refractivity contribution is -0.145. The third kappa shape index (κ3) is 16.1. The fourth-order valence-electron chi connectivity index (χ4n) is 2.20. The van der Waals surface area contributed by atoms with Crippen LogP contribution in [0.4, 0.5) is 0 Å². The molecule has 0 spiro atoms. The molecule has 2 unspecified atom stereocenters. The van der Waals surface area contributed by atoms with Crippen LogP contribution in [0.1, 0.15) is 58.8 Å². The van der Waals surface area contributed by atoms with Crippen molar-refractivity contribution in [2.45, 2.75) is 58.8 Å². The lowest BCUT2D eigenvalue weighted by Gasteiger charge is -2.11. The Morgan fingerprint density at radius 3 is 1.40 bits per heavy atom. The Morgan fingerprint density at radius 2 is 1.04 bits per heavy atom. The van der Waals surface area contributed by atoms with Crippen molar-refractivity contribution < 1.29 is 28.5 Å². The second-order valence-electron chi connectivity index (χ2n) is 6.65. The maximum Gasteiger partial charge on any atom is 0.305 e. The lowest BCUT2D eigenvalue weighted by Crippen LogP contribution is -2.12. The van der Waals surface area contributed by atoms with E-state index in [4.69, 9.17) is 18.9 Å². The van der Waals surface area contributed by atoms with Gasteiger partial charge in [-0.3, -0.25) is 9.59 Å². The van der Waals surface area contributed by atoms with Gasteiger partial charge in [-0.2, -0.15) is 0 Å². The van der Waals surface area contributed by atoms with E-state index >= 15 is 0 Å². The first-order chi connectivity index (χ1) is 12.0. The molecule has 0 bridgehead atoms. The van der Waals surface area contributed by atoms with Crippen molar-refractivity contribution in [1.82, 2.24) is 0 Å². The summed E-state index contributed by atoms with van der Waals surface area (Å²) in [6.45, 7) is 6.52. The molecule has 0 aliphatic carbocycles. The highest BCUT2D eigenvalue weighted by atomic mass is 16.5. The van der Waals surface area contributed by atoms with E-state index < -0.39 is 0 Å². The first kappa shape index (κ1) is 23.9. The molecule has 0 aliphatic rings. The van der Waals surface area contributed by atoms with E-state index in [-0.39, 0.29) is 24.8 Å². The molecule has 25 heavy (non-hydrogen) atoms. The van der Waals surface area contributed by atoms with Gasteiger partial charge in [0.2, 0.25) is 0 Å². The van der Waals surface area contributed by atoms with E-state index in [9.17, 15) is 9.59 Å². The monoisotopic (exact) mass is 360 g/mol. The smallest absolute Gasteiger partial charge is 0.305 e. The van der Waals surface area contributed by atoms with E-state index in [2.05, 4.69) is 13.8 Å². The number of methoxy groups -OCH3 is 2. The minimum absolute atomic E-state index is 0.250. The van der Waals surface area contributed by atoms with Gasteiger partial charge in [0.25, 0.3) is 0 Å². The van der Waals surface area contributed by atoms with Crippen LogP contribution >= 0.6 is 0 Å². The normalized spacial score (nSPS) is 13.3. The number of carbonyl (C=O) groups is 2. The molecular weight excluding hydrogens is 324 g/mol. The van der Waals surface area contributed by atoms with Crippen LogP contribution in [0.15, 0.2) is 0 Å². The van der Waals surface area contributed by atoms with Crippen LogP contribution in [-0.2, 0) is 28.5 Å². The first-order valence-corrected chi connectivity index (χ1v) is 9.28. The fraction of sp³-hybridized carbons (Fsp3) is 0.895. The Kier molecular flexibility index (Phi) is 15.6. The molecule has 0 saturated carbocycles. The van der Waals surface area contributed by atoms with Gasteiger partial charge >= 0.3 is 11.9 Å². The van der Waals surface area contributed by atoms with Gasteiger partial charge in [0.15, 0.2) is 0 Å². The van der Waals surface area contributed by atoms with E-state index in [0.717, 1.165) is 38.9 Å². The fourth-order valence-corrected chi connectivity index (χ4v) is 2.20. The maximum absolute atomic E-state index is 11.6. The molecule has 0 aromatic heterocycles. The number of hydrogen-bond donors (Lipinski definition) is 0. The van der Waals surface area contributed by atoms with Gasteiger partial charge in [-0.15, -0.1) is 0 Å². The average Bonchev–Trinajstić information content (AvgIpc) is 2.58. The summed E-state index contributed by atoms with van der Waals surface area (Å²) in [4.78, 5) is 23.2. The Labute approximate surface area is 152 Å². The molecule has 0 saturated heterocycles. The van der Waals surface area contributed by atoms with Crippen molar-refractivity contribution in [2.24, 2.45) is 11.8 Å². The summed E-state index contributed by atoms with van der Waals surface area (Å²) in [6, 6.07) is 0. The zero-order chi connectivity index (χ0) is 18.9. The molecule has 2 atom stereocenters. The van der Waals surface area contributed by atoms with Gasteiger partial charge in [0, 0.05) is 40.3 Å². The van der Waals surface area contributed by atoms with Crippen LogP contribution in [-0.4, -0.2) is 52.6 Å². The summed E-state index contributed by atoms with van der Waals surface area (Å²) in [7, 11) is 3.36. The van der Waals surface area contributed by atoms with Gasteiger partial charge in [0.1, 0.15) is 0 Å². The summed E-state index contributed by atoms with van der Waals surface area (Å²) in [5.41, 5.74) is 0. The third-order valence-corrected chi connectivity index (χ3v) is 4.14. The third-order valence-electron chi connectivity index (χ3n) is 4.14. The van der Waals surface area contributed by atoms with E-state index in [0.29, 0.717) is 31.5 Å². The van der Waals surface area contributed by atoms with E-state index in [1.165, 1.54) is 0 Å². The second kappa shape index (κ2) is 16.3. The summed E-state index contributed by atoms with van der Waals surface area (Å²) in [5, 5.41) is 0. The topological polar surface area (TPSA) is 71.1 Å². The number of carbonyl (C=O) groups excluding carboxylic acids is 2. The highest BCUT2D eigenvalue weighted by molar-refractivity contribution is 5.72. The highest BCUT2D eigenvalue weighted by Crippen LogP contribution is 2.09. The van der Waals surface area contributed by atoms with Crippen molar-refractivity contribution in [3.05, 3.63) is 0 Å². The lowest BCUT2D eigenvalue weighted by atomic mass is 10.1. The van der Waals surface area contributed by atoms with Crippen molar-refractivity contribution in [1.29, 1.82) is 0 Å². The zero-order valence-corrected chi connectivity index (χ0v) is 16.4. The number of hydrogen-bond acceptors (Lipinski definition) is 6. The molecule has 0 aliphatic heterocycles. The molecule has 0 N–H and O–H groups in total. The second-order valence-corrected chi connectivity index (χ2v) is 6.65. The largest absolute Gasteiger partial charge is 0.466 e. The zero-order valence-electron chi connectivity index (χ0n) is 16.4. The van der Waals surface area contributed by atoms with Crippen LogP contribution in [0.2, 0.25) is 0 Å². The quantitative estimate of drug-likeness (QED) is 0.393. The van der Waals surface area contributed by atoms with Crippen LogP contribution < -0.4 is 0 Å². The van der Waals surface area contributed by atoms with Crippen LogP contribution in [0.25, 0.3) is 0 Å². The van der Waals surface area contributed by atoms with Crippen molar-refractivity contribution >= 4 is 11.9 Å². The number of rotatable bonds is 16. The molecule has 0 rings (SSSR count). The predicted molar refractivity (Wildman–Crippen MR) is 96.3 cm³/mol. The molecule has 0 aromatic carbocycles. The molecule has 6 nitrogen and oxygen atoms in total. The van der Waals surface area contributed by atoms with Gasteiger partial charge in [-0.25, -0.2) is 0 Å². The van der Waals surface area contributed by atoms with Crippen LogP contribution in [0.5, 0.6) is 0 Å². The molecule has 0 fully saturated rings. The molecule has 0 aromatic rings.